The second-order valence-corrected chi connectivity index (χ2v) is 12.6. The van der Waals surface area contributed by atoms with Gasteiger partial charge in [0.1, 0.15) is 17.9 Å². The minimum absolute atomic E-state index is 0.689. The maximum atomic E-state index is 15.0. The fourth-order valence-corrected chi connectivity index (χ4v) is 3.97. The number of amides is 2. The van der Waals surface area contributed by atoms with Gasteiger partial charge in [0.15, 0.2) is 12.4 Å². The standard InChI is InChI=1S/C22H36FN2O12P/c1-20(2,3)17(28)32-11-35-38(31,36-12-33-18(29)21(4,5)6)34-10-22(7)15(27)14(23)16(37-22)25-9-8-13(26)24-19(25)30/h8-9,13-16,26-27H,10-12H2,1-7H3,(H,24,30)/t13?,14-,15+,16-,22-/m1/s1. The van der Waals surface area contributed by atoms with E-state index in [1.807, 2.05) is 0 Å². The summed E-state index contributed by atoms with van der Waals surface area (Å²) in [7, 11) is -4.66. The van der Waals surface area contributed by atoms with Crippen LogP contribution in [0.1, 0.15) is 48.5 Å². The van der Waals surface area contributed by atoms with Crippen LogP contribution in [0.25, 0.3) is 0 Å². The minimum Gasteiger partial charge on any atom is -0.437 e. The number of rotatable bonds is 10. The number of phosphoric ester groups is 1. The summed E-state index contributed by atoms with van der Waals surface area (Å²) in [5.74, 6) is -1.38. The Morgan fingerprint density at radius 3 is 2.03 bits per heavy atom. The topological polar surface area (TPSA) is 179 Å². The molecule has 218 valence electrons. The second kappa shape index (κ2) is 11.9. The number of hydrogen-bond acceptors (Lipinski definition) is 12. The van der Waals surface area contributed by atoms with E-state index in [-0.39, 0.29) is 0 Å². The van der Waals surface area contributed by atoms with Gasteiger partial charge in [-0.2, -0.15) is 0 Å². The second-order valence-electron chi connectivity index (χ2n) is 10.9. The molecular weight excluding hydrogens is 534 g/mol. The summed E-state index contributed by atoms with van der Waals surface area (Å²) in [6.45, 7) is 8.19. The summed E-state index contributed by atoms with van der Waals surface area (Å²) in [5, 5.41) is 22.1. The largest absolute Gasteiger partial charge is 0.480 e. The highest BCUT2D eigenvalue weighted by molar-refractivity contribution is 7.48. The molecular formula is C22H36FN2O12P. The maximum Gasteiger partial charge on any atom is 0.480 e. The van der Waals surface area contributed by atoms with E-state index in [9.17, 15) is 33.6 Å². The van der Waals surface area contributed by atoms with Gasteiger partial charge in [-0.25, -0.2) is 22.8 Å². The van der Waals surface area contributed by atoms with Crippen LogP contribution in [0, 0.1) is 10.8 Å². The van der Waals surface area contributed by atoms with Gasteiger partial charge in [0, 0.05) is 6.20 Å². The van der Waals surface area contributed by atoms with Crippen molar-refractivity contribution in [2.24, 2.45) is 10.8 Å². The van der Waals surface area contributed by atoms with Crippen molar-refractivity contribution in [2.75, 3.05) is 20.2 Å². The Morgan fingerprint density at radius 1 is 1.08 bits per heavy atom. The molecule has 1 fully saturated rings. The highest BCUT2D eigenvalue weighted by Gasteiger charge is 2.56. The number of carbonyl (C=O) groups excluding carboxylic acids is 3. The van der Waals surface area contributed by atoms with Crippen molar-refractivity contribution in [3.8, 4) is 0 Å². The Morgan fingerprint density at radius 2 is 1.58 bits per heavy atom. The first-order chi connectivity index (χ1) is 17.3. The number of urea groups is 1. The number of ether oxygens (including phenoxy) is 3. The van der Waals surface area contributed by atoms with Crippen molar-refractivity contribution in [2.45, 2.75) is 78.8 Å². The molecule has 2 aliphatic heterocycles. The van der Waals surface area contributed by atoms with E-state index < -0.39 is 87.1 Å². The number of esters is 2. The molecule has 38 heavy (non-hydrogen) atoms. The van der Waals surface area contributed by atoms with Crippen LogP contribution in [0.5, 0.6) is 0 Å². The maximum absolute atomic E-state index is 15.0. The van der Waals surface area contributed by atoms with E-state index >= 15 is 0 Å². The highest BCUT2D eigenvalue weighted by atomic mass is 31.2. The number of aliphatic hydroxyl groups is 2. The van der Waals surface area contributed by atoms with Crippen molar-refractivity contribution >= 4 is 25.8 Å². The molecule has 0 aromatic rings. The van der Waals surface area contributed by atoms with Gasteiger partial charge in [0.25, 0.3) is 0 Å². The lowest BCUT2D eigenvalue weighted by atomic mass is 9.98. The molecule has 2 amide bonds. The molecule has 14 nitrogen and oxygen atoms in total. The minimum atomic E-state index is -4.66. The molecule has 0 aromatic heterocycles. The first-order valence-electron chi connectivity index (χ1n) is 11.6. The third-order valence-electron chi connectivity index (χ3n) is 5.33. The number of aliphatic hydroxyl groups excluding tert-OH is 2. The van der Waals surface area contributed by atoms with Gasteiger partial charge in [-0.05, 0) is 54.5 Å². The molecule has 1 saturated heterocycles. The van der Waals surface area contributed by atoms with Gasteiger partial charge < -0.3 is 29.7 Å². The van der Waals surface area contributed by atoms with Gasteiger partial charge in [0.05, 0.1) is 17.4 Å². The van der Waals surface area contributed by atoms with Crippen LogP contribution >= 0.6 is 7.82 Å². The third-order valence-corrected chi connectivity index (χ3v) is 6.62. The Balaban J connectivity index is 2.12. The first kappa shape index (κ1) is 32.1. The van der Waals surface area contributed by atoms with Crippen LogP contribution in [-0.4, -0.2) is 83.6 Å². The van der Waals surface area contributed by atoms with Crippen LogP contribution in [-0.2, 0) is 41.9 Å². The summed E-state index contributed by atoms with van der Waals surface area (Å²) in [6, 6.07) is -0.885. The zero-order chi connectivity index (χ0) is 29.1. The van der Waals surface area contributed by atoms with E-state index in [0.717, 1.165) is 17.2 Å². The number of halogens is 1. The van der Waals surface area contributed by atoms with Gasteiger partial charge in [0.2, 0.25) is 13.6 Å². The van der Waals surface area contributed by atoms with E-state index in [1.165, 1.54) is 6.92 Å². The first-order valence-corrected chi connectivity index (χ1v) is 13.1. The van der Waals surface area contributed by atoms with E-state index in [4.69, 9.17) is 27.8 Å². The molecule has 0 aliphatic carbocycles. The molecule has 2 heterocycles. The molecule has 0 aromatic carbocycles. The number of nitrogens with one attached hydrogen (secondary N) is 1. The van der Waals surface area contributed by atoms with E-state index in [0.29, 0.717) is 0 Å². The Labute approximate surface area is 219 Å². The van der Waals surface area contributed by atoms with Crippen molar-refractivity contribution in [1.29, 1.82) is 0 Å². The van der Waals surface area contributed by atoms with Crippen molar-refractivity contribution in [1.82, 2.24) is 10.2 Å². The van der Waals surface area contributed by atoms with Crippen LogP contribution in [0.15, 0.2) is 12.3 Å². The smallest absolute Gasteiger partial charge is 0.437 e. The SMILES string of the molecule is CC(C)(C)C(=O)OCOP(=O)(OCOC(=O)C(C)(C)C)OC[C@@]1(C)O[C@@H](N2C=CC(O)NC2=O)[C@H](F)[C@@H]1O. The number of alkyl halides is 1. The lowest BCUT2D eigenvalue weighted by Crippen LogP contribution is -2.52. The molecule has 2 aliphatic rings. The van der Waals surface area contributed by atoms with Crippen LogP contribution in [0.2, 0.25) is 0 Å². The Hall–Kier alpha value is -2.13. The average molecular weight is 571 g/mol. The predicted octanol–water partition coefficient (Wildman–Crippen LogP) is 1.91. The average Bonchev–Trinajstić information content (AvgIpc) is 3.01. The predicted molar refractivity (Wildman–Crippen MR) is 126 cm³/mol. The Bertz CT molecular complexity index is 929. The summed E-state index contributed by atoms with van der Waals surface area (Å²) in [4.78, 5) is 36.9. The fraction of sp³-hybridized carbons (Fsp3) is 0.773. The van der Waals surface area contributed by atoms with E-state index in [1.54, 1.807) is 41.5 Å². The van der Waals surface area contributed by atoms with Crippen LogP contribution < -0.4 is 5.32 Å². The lowest BCUT2D eigenvalue weighted by molar-refractivity contribution is -0.165. The van der Waals surface area contributed by atoms with Gasteiger partial charge >= 0.3 is 25.8 Å². The van der Waals surface area contributed by atoms with Gasteiger partial charge in [-0.15, -0.1) is 0 Å². The van der Waals surface area contributed by atoms with Gasteiger partial charge in [-0.3, -0.25) is 19.0 Å². The fourth-order valence-electron chi connectivity index (χ4n) is 2.97. The zero-order valence-electron chi connectivity index (χ0n) is 22.3. The summed E-state index contributed by atoms with van der Waals surface area (Å²) < 4.78 is 58.9. The Kier molecular flexibility index (Phi) is 10.1. The summed E-state index contributed by atoms with van der Waals surface area (Å²) in [5.41, 5.74) is -3.67. The quantitative estimate of drug-likeness (QED) is 0.198. The lowest BCUT2D eigenvalue weighted by Gasteiger charge is -2.32. The molecule has 0 spiro atoms. The number of hydrogen-bond donors (Lipinski definition) is 3. The van der Waals surface area contributed by atoms with Crippen LogP contribution in [0.4, 0.5) is 9.18 Å². The molecule has 1 unspecified atom stereocenters. The zero-order valence-corrected chi connectivity index (χ0v) is 23.2. The van der Waals surface area contributed by atoms with Crippen LogP contribution in [0.3, 0.4) is 0 Å². The van der Waals surface area contributed by atoms with Crippen molar-refractivity contribution in [3.05, 3.63) is 12.3 Å². The molecule has 16 heteroatoms. The summed E-state index contributed by atoms with van der Waals surface area (Å²) in [6.07, 6.45) is -4.65. The molecule has 0 bridgehead atoms. The molecule has 0 radical (unpaired) electrons. The number of carbonyl (C=O) groups is 3. The summed E-state index contributed by atoms with van der Waals surface area (Å²) >= 11 is 0. The molecule has 0 saturated carbocycles. The monoisotopic (exact) mass is 570 g/mol. The third kappa shape index (κ3) is 8.18. The van der Waals surface area contributed by atoms with Crippen molar-refractivity contribution in [3.63, 3.8) is 0 Å². The van der Waals surface area contributed by atoms with Gasteiger partial charge in [-0.1, -0.05) is 0 Å². The molecule has 3 N–H and O–H groups in total. The highest BCUT2D eigenvalue weighted by Crippen LogP contribution is 2.51. The van der Waals surface area contributed by atoms with Crippen molar-refractivity contribution < 1.29 is 61.3 Å². The normalized spacial score (nSPS) is 28.3. The number of nitrogens with zero attached hydrogens (tertiary/aromatic N) is 1. The molecule has 2 rings (SSSR count). The van der Waals surface area contributed by atoms with E-state index in [2.05, 4.69) is 5.32 Å². The number of phosphoric acid groups is 1. The molecule has 5 atom stereocenters.